The highest BCUT2D eigenvalue weighted by Gasteiger charge is 2.24. The third-order valence-corrected chi connectivity index (χ3v) is 4.49. The molecule has 6 nitrogen and oxygen atoms in total. The van der Waals surface area contributed by atoms with Crippen molar-refractivity contribution in [2.75, 3.05) is 38.5 Å². The second-order valence-electron chi connectivity index (χ2n) is 6.66. The van der Waals surface area contributed by atoms with Crippen LogP contribution in [-0.2, 0) is 4.79 Å². The summed E-state index contributed by atoms with van der Waals surface area (Å²) < 4.78 is 15.5. The summed E-state index contributed by atoms with van der Waals surface area (Å²) in [5, 5.41) is 7.18. The van der Waals surface area contributed by atoms with Gasteiger partial charge >= 0.3 is 0 Å². The molecule has 0 aliphatic carbocycles. The van der Waals surface area contributed by atoms with Gasteiger partial charge in [-0.15, -0.1) is 0 Å². The number of anilines is 1. The molecule has 3 rings (SSSR count). The van der Waals surface area contributed by atoms with Gasteiger partial charge in [0.1, 0.15) is 17.3 Å². The molecular formula is C18H24FN5O. The average molecular weight is 345 g/mol. The first kappa shape index (κ1) is 17.6. The minimum Gasteiger partial charge on any atom is -0.309 e. The van der Waals surface area contributed by atoms with Gasteiger partial charge in [0.15, 0.2) is 0 Å². The van der Waals surface area contributed by atoms with Gasteiger partial charge in [-0.3, -0.25) is 9.69 Å². The summed E-state index contributed by atoms with van der Waals surface area (Å²) in [5.41, 5.74) is 1.03. The number of aryl methyl sites for hydroxylation is 1. The van der Waals surface area contributed by atoms with Crippen molar-refractivity contribution in [3.63, 3.8) is 0 Å². The fraction of sp³-hybridized carbons (Fsp3) is 0.444. The lowest BCUT2D eigenvalue weighted by Crippen LogP contribution is -2.52. The van der Waals surface area contributed by atoms with Crippen molar-refractivity contribution in [3.8, 4) is 5.69 Å². The first-order valence-corrected chi connectivity index (χ1v) is 8.48. The van der Waals surface area contributed by atoms with Crippen LogP contribution in [0.25, 0.3) is 5.69 Å². The number of nitrogens with one attached hydrogen (secondary N) is 1. The van der Waals surface area contributed by atoms with E-state index in [4.69, 9.17) is 0 Å². The van der Waals surface area contributed by atoms with Gasteiger partial charge in [0.25, 0.3) is 0 Å². The smallest absolute Gasteiger partial charge is 0.239 e. The molecule has 1 N–H and O–H groups in total. The monoisotopic (exact) mass is 345 g/mol. The number of nitrogens with zero attached hydrogens (tertiary/aromatic N) is 4. The van der Waals surface area contributed by atoms with Gasteiger partial charge in [-0.1, -0.05) is 12.1 Å². The van der Waals surface area contributed by atoms with Crippen molar-refractivity contribution in [3.05, 3.63) is 41.8 Å². The molecular weight excluding hydrogens is 321 g/mol. The SMILES string of the molecule is Cc1cc(NC(=O)CN2CCN(C)C[C@@H]2C)n(-c2ccccc2F)n1. The van der Waals surface area contributed by atoms with Crippen LogP contribution in [0.15, 0.2) is 30.3 Å². The Labute approximate surface area is 147 Å². The lowest BCUT2D eigenvalue weighted by molar-refractivity contribution is -0.118. The molecule has 1 atom stereocenters. The standard InChI is InChI=1S/C18H24FN5O/c1-13-10-17(24(21-13)16-7-5-4-6-15(16)19)20-18(25)12-23-9-8-22(3)11-14(23)2/h4-7,10,14H,8-9,11-12H2,1-3H3,(H,20,25)/t14-/m0/s1. The molecule has 1 aromatic carbocycles. The van der Waals surface area contributed by atoms with Crippen LogP contribution >= 0.6 is 0 Å². The number of carbonyl (C=O) groups excluding carboxylic acids is 1. The molecule has 1 aromatic heterocycles. The third-order valence-electron chi connectivity index (χ3n) is 4.49. The van der Waals surface area contributed by atoms with Crippen LogP contribution in [0, 0.1) is 12.7 Å². The lowest BCUT2D eigenvalue weighted by Gasteiger charge is -2.37. The summed E-state index contributed by atoms with van der Waals surface area (Å²) in [6.45, 7) is 7.00. The zero-order chi connectivity index (χ0) is 18.0. The molecule has 1 aliphatic rings. The summed E-state index contributed by atoms with van der Waals surface area (Å²) in [5.74, 6) is -0.0166. The van der Waals surface area contributed by atoms with E-state index in [-0.39, 0.29) is 11.7 Å². The maximum absolute atomic E-state index is 14.1. The molecule has 0 radical (unpaired) electrons. The van der Waals surface area contributed by atoms with Gasteiger partial charge < -0.3 is 10.2 Å². The molecule has 0 unspecified atom stereocenters. The summed E-state index contributed by atoms with van der Waals surface area (Å²) in [7, 11) is 2.09. The van der Waals surface area contributed by atoms with E-state index < -0.39 is 0 Å². The van der Waals surface area contributed by atoms with E-state index in [2.05, 4.69) is 34.2 Å². The van der Waals surface area contributed by atoms with Gasteiger partial charge in [0, 0.05) is 31.7 Å². The summed E-state index contributed by atoms with van der Waals surface area (Å²) in [6.07, 6.45) is 0. The topological polar surface area (TPSA) is 53.4 Å². The molecule has 0 bridgehead atoms. The Hall–Kier alpha value is -2.25. The van der Waals surface area contributed by atoms with E-state index in [9.17, 15) is 9.18 Å². The van der Waals surface area contributed by atoms with Gasteiger partial charge in [0.2, 0.25) is 5.91 Å². The molecule has 1 aliphatic heterocycles. The van der Waals surface area contributed by atoms with E-state index in [1.54, 1.807) is 24.3 Å². The largest absolute Gasteiger partial charge is 0.309 e. The predicted octanol–water partition coefficient (Wildman–Crippen LogP) is 1.89. The van der Waals surface area contributed by atoms with Crippen molar-refractivity contribution >= 4 is 11.7 Å². The zero-order valence-electron chi connectivity index (χ0n) is 14.9. The van der Waals surface area contributed by atoms with Gasteiger partial charge in [-0.05, 0) is 33.0 Å². The molecule has 25 heavy (non-hydrogen) atoms. The number of hydrogen-bond acceptors (Lipinski definition) is 4. The van der Waals surface area contributed by atoms with Crippen LogP contribution in [0.4, 0.5) is 10.2 Å². The molecule has 2 aromatic rings. The minimum atomic E-state index is -0.381. The van der Waals surface area contributed by atoms with Gasteiger partial charge in [0.05, 0.1) is 12.2 Å². The number of piperazine rings is 1. The van der Waals surface area contributed by atoms with Crippen molar-refractivity contribution < 1.29 is 9.18 Å². The predicted molar refractivity (Wildman–Crippen MR) is 95.4 cm³/mol. The minimum absolute atomic E-state index is 0.117. The summed E-state index contributed by atoms with van der Waals surface area (Å²) >= 11 is 0. The number of benzene rings is 1. The number of carbonyl (C=O) groups is 1. The number of aromatic nitrogens is 2. The molecule has 7 heteroatoms. The van der Waals surface area contributed by atoms with E-state index in [1.807, 2.05) is 6.92 Å². The summed E-state index contributed by atoms with van der Waals surface area (Å²) in [6, 6.07) is 8.46. The van der Waals surface area contributed by atoms with E-state index >= 15 is 0 Å². The Morgan fingerprint density at radius 2 is 2.12 bits per heavy atom. The Bertz CT molecular complexity index is 760. The van der Waals surface area contributed by atoms with Gasteiger partial charge in [-0.2, -0.15) is 5.10 Å². The van der Waals surface area contributed by atoms with E-state index in [0.29, 0.717) is 29.8 Å². The third kappa shape index (κ3) is 4.05. The van der Waals surface area contributed by atoms with E-state index in [1.165, 1.54) is 10.7 Å². The zero-order valence-corrected chi connectivity index (χ0v) is 14.9. The van der Waals surface area contributed by atoms with Crippen molar-refractivity contribution in [1.29, 1.82) is 0 Å². The Kier molecular flexibility index (Phi) is 5.15. The molecule has 134 valence electrons. The number of halogens is 1. The number of rotatable bonds is 4. The summed E-state index contributed by atoms with van der Waals surface area (Å²) in [4.78, 5) is 16.9. The number of likely N-dealkylation sites (N-methyl/N-ethyl adjacent to an activating group) is 1. The molecule has 0 spiro atoms. The average Bonchev–Trinajstić information content (AvgIpc) is 2.91. The van der Waals surface area contributed by atoms with Crippen molar-refractivity contribution in [2.24, 2.45) is 0 Å². The molecule has 1 fully saturated rings. The second-order valence-corrected chi connectivity index (χ2v) is 6.66. The Balaban J connectivity index is 1.73. The number of amides is 1. The molecule has 1 saturated heterocycles. The highest BCUT2D eigenvalue weighted by molar-refractivity contribution is 5.91. The lowest BCUT2D eigenvalue weighted by atomic mass is 10.2. The fourth-order valence-electron chi connectivity index (χ4n) is 3.17. The second kappa shape index (κ2) is 7.33. The van der Waals surface area contributed by atoms with Crippen LogP contribution in [0.1, 0.15) is 12.6 Å². The van der Waals surface area contributed by atoms with Crippen LogP contribution in [0.5, 0.6) is 0 Å². The van der Waals surface area contributed by atoms with Crippen LogP contribution in [0.3, 0.4) is 0 Å². The highest BCUT2D eigenvalue weighted by atomic mass is 19.1. The van der Waals surface area contributed by atoms with Crippen LogP contribution in [0.2, 0.25) is 0 Å². The number of para-hydroxylation sites is 1. The quantitative estimate of drug-likeness (QED) is 0.920. The maximum Gasteiger partial charge on any atom is 0.239 e. The van der Waals surface area contributed by atoms with Crippen molar-refractivity contribution in [2.45, 2.75) is 19.9 Å². The Morgan fingerprint density at radius 3 is 2.84 bits per heavy atom. The first-order valence-electron chi connectivity index (χ1n) is 8.48. The normalized spacial score (nSPS) is 19.1. The number of hydrogen-bond donors (Lipinski definition) is 1. The van der Waals surface area contributed by atoms with Crippen molar-refractivity contribution in [1.82, 2.24) is 19.6 Å². The van der Waals surface area contributed by atoms with Gasteiger partial charge in [-0.25, -0.2) is 9.07 Å². The molecule has 0 saturated carbocycles. The maximum atomic E-state index is 14.1. The molecule has 2 heterocycles. The van der Waals surface area contributed by atoms with Crippen LogP contribution in [-0.4, -0.2) is 64.8 Å². The highest BCUT2D eigenvalue weighted by Crippen LogP contribution is 2.19. The fourth-order valence-corrected chi connectivity index (χ4v) is 3.17. The first-order chi connectivity index (χ1) is 11.9. The Morgan fingerprint density at radius 1 is 1.36 bits per heavy atom. The van der Waals surface area contributed by atoms with E-state index in [0.717, 1.165) is 19.6 Å². The molecule has 1 amide bonds. The van der Waals surface area contributed by atoms with Crippen LogP contribution < -0.4 is 5.32 Å².